The Hall–Kier alpha value is -3.68. The molecule has 2 aromatic rings. The molecule has 0 aliphatic carbocycles. The van der Waals surface area contributed by atoms with Crippen LogP contribution >= 0.6 is 11.6 Å². The lowest BCUT2D eigenvalue weighted by Gasteiger charge is -2.05. The third-order valence-electron chi connectivity index (χ3n) is 3.02. The molecular formula is C17H8ClN3O4. The Labute approximate surface area is 147 Å². The molecule has 0 bridgehead atoms. The third kappa shape index (κ3) is 4.41. The molecule has 0 N–H and O–H groups in total. The summed E-state index contributed by atoms with van der Waals surface area (Å²) in [6.07, 6.45) is 1.38. The molecule has 0 unspecified atom stereocenters. The van der Waals surface area contributed by atoms with Crippen LogP contribution in [-0.2, 0) is 0 Å². The zero-order valence-corrected chi connectivity index (χ0v) is 13.2. The first-order valence-corrected chi connectivity index (χ1v) is 7.10. The van der Waals surface area contributed by atoms with E-state index in [1.54, 1.807) is 24.3 Å². The number of hydrogen-bond donors (Lipinski definition) is 0. The van der Waals surface area contributed by atoms with Gasteiger partial charge < -0.3 is 4.74 Å². The molecule has 2 aromatic carbocycles. The Morgan fingerprint density at radius 3 is 2.36 bits per heavy atom. The van der Waals surface area contributed by atoms with E-state index in [9.17, 15) is 14.9 Å². The van der Waals surface area contributed by atoms with Gasteiger partial charge in [0.25, 0.3) is 5.69 Å². The second kappa shape index (κ2) is 7.73. The minimum atomic E-state index is -0.780. The lowest BCUT2D eigenvalue weighted by Crippen LogP contribution is -2.09. The zero-order valence-electron chi connectivity index (χ0n) is 12.5. The average Bonchev–Trinajstić information content (AvgIpc) is 2.61. The van der Waals surface area contributed by atoms with Crippen LogP contribution in [0.2, 0.25) is 5.02 Å². The number of benzene rings is 2. The predicted octanol–water partition coefficient (Wildman–Crippen LogP) is 3.90. The van der Waals surface area contributed by atoms with Crippen LogP contribution in [0.25, 0.3) is 6.08 Å². The maximum absolute atomic E-state index is 12.1. The molecule has 0 spiro atoms. The number of esters is 1. The quantitative estimate of drug-likeness (QED) is 0.270. The molecule has 0 saturated carbocycles. The van der Waals surface area contributed by atoms with E-state index in [4.69, 9.17) is 26.9 Å². The van der Waals surface area contributed by atoms with E-state index in [-0.39, 0.29) is 21.9 Å². The Bertz CT molecular complexity index is 937. The summed E-state index contributed by atoms with van der Waals surface area (Å²) in [6, 6.07) is 13.1. The Morgan fingerprint density at radius 1 is 1.16 bits per heavy atom. The smallest absolute Gasteiger partial charge is 0.343 e. The molecule has 25 heavy (non-hydrogen) atoms. The van der Waals surface area contributed by atoms with Crippen molar-refractivity contribution in [2.45, 2.75) is 0 Å². The van der Waals surface area contributed by atoms with Crippen LogP contribution in [0.3, 0.4) is 0 Å². The van der Waals surface area contributed by atoms with E-state index >= 15 is 0 Å². The van der Waals surface area contributed by atoms with Crippen LogP contribution in [0.1, 0.15) is 15.9 Å². The minimum absolute atomic E-state index is 0.0173. The van der Waals surface area contributed by atoms with Crippen molar-refractivity contribution in [2.75, 3.05) is 0 Å². The molecule has 0 heterocycles. The fourth-order valence-corrected chi connectivity index (χ4v) is 2.02. The molecule has 2 rings (SSSR count). The molecule has 0 fully saturated rings. The highest BCUT2D eigenvalue weighted by atomic mass is 35.5. The number of halogens is 1. The van der Waals surface area contributed by atoms with Gasteiger partial charge in [-0.05, 0) is 35.9 Å². The van der Waals surface area contributed by atoms with Gasteiger partial charge in [0.15, 0.2) is 0 Å². The zero-order chi connectivity index (χ0) is 18.4. The second-order valence-corrected chi connectivity index (χ2v) is 5.07. The number of nitro groups is 1. The highest BCUT2D eigenvalue weighted by Crippen LogP contribution is 2.26. The molecule has 0 saturated heterocycles. The summed E-state index contributed by atoms with van der Waals surface area (Å²) >= 11 is 5.69. The summed E-state index contributed by atoms with van der Waals surface area (Å²) in [7, 11) is 0. The van der Waals surface area contributed by atoms with Gasteiger partial charge in [-0.3, -0.25) is 10.1 Å². The van der Waals surface area contributed by atoms with Gasteiger partial charge in [-0.1, -0.05) is 23.7 Å². The molecule has 0 amide bonds. The maximum Gasteiger partial charge on any atom is 0.343 e. The molecule has 7 nitrogen and oxygen atoms in total. The van der Waals surface area contributed by atoms with Crippen LogP contribution in [-0.4, -0.2) is 10.9 Å². The number of ether oxygens (including phenoxy) is 1. The summed E-state index contributed by atoms with van der Waals surface area (Å²) in [5, 5.41) is 28.2. The van der Waals surface area contributed by atoms with Crippen LogP contribution < -0.4 is 4.74 Å². The number of nitrogens with zero attached hydrogens (tertiary/aromatic N) is 3. The van der Waals surface area contributed by atoms with Crippen molar-refractivity contribution in [1.82, 2.24) is 0 Å². The summed E-state index contributed by atoms with van der Waals surface area (Å²) in [4.78, 5) is 22.2. The van der Waals surface area contributed by atoms with Gasteiger partial charge in [-0.15, -0.1) is 0 Å². The molecule has 0 aliphatic rings. The van der Waals surface area contributed by atoms with E-state index in [2.05, 4.69) is 0 Å². The van der Waals surface area contributed by atoms with Gasteiger partial charge in [-0.2, -0.15) is 10.5 Å². The highest BCUT2D eigenvalue weighted by molar-refractivity contribution is 6.32. The van der Waals surface area contributed by atoms with Crippen molar-refractivity contribution >= 4 is 29.3 Å². The van der Waals surface area contributed by atoms with E-state index in [1.807, 2.05) is 0 Å². The van der Waals surface area contributed by atoms with Gasteiger partial charge in [0.05, 0.1) is 10.5 Å². The first-order chi connectivity index (χ1) is 11.9. The lowest BCUT2D eigenvalue weighted by atomic mass is 10.1. The number of allylic oxidation sites excluding steroid dienone is 1. The Morgan fingerprint density at radius 2 is 1.80 bits per heavy atom. The van der Waals surface area contributed by atoms with E-state index in [1.165, 1.54) is 30.3 Å². The number of rotatable bonds is 4. The number of carbonyl (C=O) groups excluding carboxylic acids is 1. The van der Waals surface area contributed by atoms with Crippen LogP contribution in [0, 0.1) is 32.8 Å². The molecule has 0 radical (unpaired) electrons. The largest absolute Gasteiger partial charge is 0.423 e. The van der Waals surface area contributed by atoms with Crippen LogP contribution in [0.5, 0.6) is 5.75 Å². The van der Waals surface area contributed by atoms with E-state index in [0.29, 0.717) is 5.56 Å². The Kier molecular flexibility index (Phi) is 5.47. The van der Waals surface area contributed by atoms with Gasteiger partial charge in [-0.25, -0.2) is 4.79 Å². The number of nitriles is 2. The van der Waals surface area contributed by atoms with Crippen molar-refractivity contribution < 1.29 is 14.5 Å². The SMILES string of the molecule is N#CC(C#N)=Cc1ccc(OC(=O)c2ccc(Cl)c([N+](=O)[O-])c2)cc1. The van der Waals surface area contributed by atoms with Crippen LogP contribution in [0.15, 0.2) is 48.0 Å². The lowest BCUT2D eigenvalue weighted by molar-refractivity contribution is -0.384. The molecular weight excluding hydrogens is 346 g/mol. The Balaban J connectivity index is 2.18. The third-order valence-corrected chi connectivity index (χ3v) is 3.34. The van der Waals surface area contributed by atoms with E-state index < -0.39 is 16.6 Å². The fraction of sp³-hybridized carbons (Fsp3) is 0. The van der Waals surface area contributed by atoms with Crippen molar-refractivity contribution in [2.24, 2.45) is 0 Å². The van der Waals surface area contributed by atoms with Gasteiger partial charge in [0.2, 0.25) is 0 Å². The first kappa shape index (κ1) is 17.7. The normalized spacial score (nSPS) is 9.40. The monoisotopic (exact) mass is 353 g/mol. The molecule has 0 aromatic heterocycles. The summed E-state index contributed by atoms with van der Waals surface area (Å²) in [6.45, 7) is 0. The molecule has 0 aliphatic heterocycles. The predicted molar refractivity (Wildman–Crippen MR) is 88.7 cm³/mol. The van der Waals surface area contributed by atoms with Gasteiger partial charge in [0.1, 0.15) is 28.5 Å². The fourth-order valence-electron chi connectivity index (χ4n) is 1.83. The number of nitro benzene ring substituents is 1. The highest BCUT2D eigenvalue weighted by Gasteiger charge is 2.17. The van der Waals surface area contributed by atoms with E-state index in [0.717, 1.165) is 6.07 Å². The average molecular weight is 354 g/mol. The van der Waals surface area contributed by atoms with Crippen molar-refractivity contribution in [3.05, 3.63) is 74.3 Å². The van der Waals surface area contributed by atoms with Crippen molar-refractivity contribution in [3.8, 4) is 17.9 Å². The van der Waals surface area contributed by atoms with Gasteiger partial charge >= 0.3 is 5.97 Å². The van der Waals surface area contributed by atoms with Crippen molar-refractivity contribution in [3.63, 3.8) is 0 Å². The second-order valence-electron chi connectivity index (χ2n) is 4.66. The minimum Gasteiger partial charge on any atom is -0.423 e. The maximum atomic E-state index is 12.1. The summed E-state index contributed by atoms with van der Waals surface area (Å²) < 4.78 is 5.13. The topological polar surface area (TPSA) is 117 Å². The summed E-state index contributed by atoms with van der Waals surface area (Å²) in [5.74, 6) is -0.576. The molecule has 0 atom stereocenters. The van der Waals surface area contributed by atoms with Crippen molar-refractivity contribution in [1.29, 1.82) is 10.5 Å². The number of hydrogen-bond acceptors (Lipinski definition) is 6. The summed E-state index contributed by atoms with van der Waals surface area (Å²) in [5.41, 5.74) is 0.117. The molecule has 8 heteroatoms. The standard InChI is InChI=1S/C17H8ClN3O4/c18-15-6-3-13(8-16(15)21(23)24)17(22)25-14-4-1-11(2-5-14)7-12(9-19)10-20/h1-8H. The first-order valence-electron chi connectivity index (χ1n) is 6.72. The van der Waals surface area contributed by atoms with Gasteiger partial charge in [0, 0.05) is 6.07 Å². The molecule has 122 valence electrons. The number of carbonyl (C=O) groups is 1. The van der Waals surface area contributed by atoms with Crippen LogP contribution in [0.4, 0.5) is 5.69 Å².